The van der Waals surface area contributed by atoms with E-state index in [1.54, 1.807) is 42.5 Å². The molecule has 1 heterocycles. The van der Waals surface area contributed by atoms with Gasteiger partial charge in [-0.05, 0) is 55.2 Å². The lowest BCUT2D eigenvalue weighted by atomic mass is 9.79. The van der Waals surface area contributed by atoms with Crippen molar-refractivity contribution >= 4 is 40.8 Å². The van der Waals surface area contributed by atoms with Gasteiger partial charge in [0.2, 0.25) is 5.91 Å². The molecule has 3 fully saturated rings. The third kappa shape index (κ3) is 3.43. The van der Waals surface area contributed by atoms with E-state index in [0.717, 1.165) is 12.8 Å². The first kappa shape index (κ1) is 19.9. The number of benzene rings is 2. The minimum atomic E-state index is -0.371. The first-order valence-electron chi connectivity index (χ1n) is 10.2. The number of esters is 1. The van der Waals surface area contributed by atoms with Crippen LogP contribution in [-0.4, -0.2) is 31.0 Å². The quantitative estimate of drug-likeness (QED) is 0.691. The molecule has 160 valence electrons. The number of anilines is 2. The van der Waals surface area contributed by atoms with Gasteiger partial charge in [-0.1, -0.05) is 17.7 Å². The van der Waals surface area contributed by atoms with E-state index in [0.29, 0.717) is 27.7 Å². The SMILES string of the molecule is COc1ccc(Cl)cc1NC(=O)c1cccc(NC(=O)[C@@H]2[C@@H]3C[C@@H]4[C@H]2C(=O)O[C@H]4C3)c1. The summed E-state index contributed by atoms with van der Waals surface area (Å²) < 4.78 is 10.7. The van der Waals surface area contributed by atoms with Crippen LogP contribution >= 0.6 is 11.6 Å². The van der Waals surface area contributed by atoms with Gasteiger partial charge in [-0.2, -0.15) is 0 Å². The minimum absolute atomic E-state index is 0.0120. The smallest absolute Gasteiger partial charge is 0.310 e. The molecule has 8 heteroatoms. The maximum Gasteiger partial charge on any atom is 0.310 e. The van der Waals surface area contributed by atoms with Crippen LogP contribution in [0.1, 0.15) is 23.2 Å². The van der Waals surface area contributed by atoms with Crippen molar-refractivity contribution in [3.8, 4) is 5.75 Å². The Morgan fingerprint density at radius 2 is 1.97 bits per heavy atom. The molecule has 3 aliphatic rings. The lowest BCUT2D eigenvalue weighted by molar-refractivity contribution is -0.145. The predicted molar refractivity (Wildman–Crippen MR) is 114 cm³/mol. The van der Waals surface area contributed by atoms with Crippen molar-refractivity contribution in [3.63, 3.8) is 0 Å². The van der Waals surface area contributed by atoms with Gasteiger partial charge in [-0.15, -0.1) is 0 Å². The number of halogens is 1. The minimum Gasteiger partial charge on any atom is -0.495 e. The number of rotatable bonds is 5. The fourth-order valence-corrected chi connectivity index (χ4v) is 5.47. The lowest BCUT2D eigenvalue weighted by Crippen LogP contribution is -2.35. The van der Waals surface area contributed by atoms with Crippen LogP contribution in [-0.2, 0) is 14.3 Å². The van der Waals surface area contributed by atoms with Gasteiger partial charge in [0.25, 0.3) is 5.91 Å². The van der Waals surface area contributed by atoms with E-state index in [4.69, 9.17) is 21.1 Å². The molecule has 31 heavy (non-hydrogen) atoms. The molecule has 2 saturated carbocycles. The van der Waals surface area contributed by atoms with Crippen molar-refractivity contribution in [2.45, 2.75) is 18.9 Å². The predicted octanol–water partition coefficient (Wildman–Crippen LogP) is 3.74. The summed E-state index contributed by atoms with van der Waals surface area (Å²) in [4.78, 5) is 37.9. The highest BCUT2D eigenvalue weighted by Crippen LogP contribution is 2.57. The standard InChI is InChI=1S/C23H21ClN2O5/c1-30-17-6-5-13(24)10-16(17)26-21(27)11-3-2-4-14(7-11)25-22(28)19-12-8-15-18(9-12)31-23(29)20(15)19/h2-7,10,12,15,18-20H,8-9H2,1H3,(H,25,28)(H,26,27)/t12-,15+,18+,19-,20-/m1/s1. The van der Waals surface area contributed by atoms with Crippen molar-refractivity contribution in [2.75, 3.05) is 17.7 Å². The largest absolute Gasteiger partial charge is 0.495 e. The Hall–Kier alpha value is -3.06. The Labute approximate surface area is 184 Å². The summed E-state index contributed by atoms with van der Waals surface area (Å²) in [5.74, 6) is -0.692. The van der Waals surface area contributed by atoms with E-state index in [1.807, 2.05) is 0 Å². The summed E-state index contributed by atoms with van der Waals surface area (Å²) in [6.07, 6.45) is 1.61. The molecule has 5 rings (SSSR count). The van der Waals surface area contributed by atoms with Crippen LogP contribution in [0.2, 0.25) is 5.02 Å². The fraction of sp³-hybridized carbons (Fsp3) is 0.348. The number of methoxy groups -OCH3 is 1. The van der Waals surface area contributed by atoms with Crippen LogP contribution in [0, 0.1) is 23.7 Å². The average molecular weight is 441 g/mol. The summed E-state index contributed by atoms with van der Waals surface area (Å²) in [6.45, 7) is 0. The Morgan fingerprint density at radius 1 is 1.13 bits per heavy atom. The van der Waals surface area contributed by atoms with E-state index in [1.165, 1.54) is 7.11 Å². The molecule has 2 aromatic rings. The van der Waals surface area contributed by atoms with Crippen molar-refractivity contribution in [3.05, 3.63) is 53.1 Å². The van der Waals surface area contributed by atoms with Crippen LogP contribution in [0.5, 0.6) is 5.75 Å². The Morgan fingerprint density at radius 3 is 2.77 bits per heavy atom. The number of carbonyl (C=O) groups excluding carboxylic acids is 3. The first-order valence-corrected chi connectivity index (χ1v) is 10.6. The van der Waals surface area contributed by atoms with E-state index in [9.17, 15) is 14.4 Å². The topological polar surface area (TPSA) is 93.7 Å². The molecular formula is C23H21ClN2O5. The molecule has 0 spiro atoms. The van der Waals surface area contributed by atoms with Gasteiger partial charge >= 0.3 is 5.97 Å². The molecule has 2 N–H and O–H groups in total. The van der Waals surface area contributed by atoms with Gasteiger partial charge in [0.15, 0.2) is 0 Å². The highest BCUT2D eigenvalue weighted by Gasteiger charge is 2.63. The molecule has 1 aliphatic heterocycles. The number of amides is 2. The summed E-state index contributed by atoms with van der Waals surface area (Å²) >= 11 is 6.02. The summed E-state index contributed by atoms with van der Waals surface area (Å²) in [5.41, 5.74) is 1.32. The van der Waals surface area contributed by atoms with Gasteiger partial charge in [0, 0.05) is 22.2 Å². The lowest BCUT2D eigenvalue weighted by Gasteiger charge is -2.23. The Bertz CT molecular complexity index is 1090. The maximum absolute atomic E-state index is 13.0. The molecule has 0 aromatic heterocycles. The maximum atomic E-state index is 13.0. The van der Waals surface area contributed by atoms with Crippen molar-refractivity contribution in [1.29, 1.82) is 0 Å². The molecule has 7 nitrogen and oxygen atoms in total. The molecule has 2 amide bonds. The number of hydrogen-bond acceptors (Lipinski definition) is 5. The molecule has 2 bridgehead atoms. The van der Waals surface area contributed by atoms with Gasteiger partial charge in [0.1, 0.15) is 11.9 Å². The van der Waals surface area contributed by atoms with Crippen LogP contribution in [0.3, 0.4) is 0 Å². The highest BCUT2D eigenvalue weighted by molar-refractivity contribution is 6.31. The number of nitrogens with one attached hydrogen (secondary N) is 2. The van der Waals surface area contributed by atoms with Crippen LogP contribution in [0.4, 0.5) is 11.4 Å². The number of fused-ring (bicyclic) bond motifs is 1. The van der Waals surface area contributed by atoms with E-state index >= 15 is 0 Å². The molecule has 5 atom stereocenters. The second-order valence-electron chi connectivity index (χ2n) is 8.29. The third-order valence-electron chi connectivity index (χ3n) is 6.59. The van der Waals surface area contributed by atoms with Gasteiger partial charge in [-0.3, -0.25) is 14.4 Å². The van der Waals surface area contributed by atoms with Gasteiger partial charge < -0.3 is 20.1 Å². The fourth-order valence-electron chi connectivity index (χ4n) is 5.30. The molecule has 2 aromatic carbocycles. The molecule has 0 radical (unpaired) electrons. The van der Waals surface area contributed by atoms with Gasteiger partial charge in [0.05, 0.1) is 24.6 Å². The summed E-state index contributed by atoms with van der Waals surface area (Å²) in [5, 5.41) is 6.14. The van der Waals surface area contributed by atoms with Crippen molar-refractivity contribution < 1.29 is 23.9 Å². The van der Waals surface area contributed by atoms with Crippen molar-refractivity contribution in [2.24, 2.45) is 23.7 Å². The van der Waals surface area contributed by atoms with E-state index < -0.39 is 0 Å². The van der Waals surface area contributed by atoms with Crippen LogP contribution in [0.25, 0.3) is 0 Å². The van der Waals surface area contributed by atoms with E-state index in [2.05, 4.69) is 10.6 Å². The Kier molecular flexibility index (Phi) is 4.85. The second-order valence-corrected chi connectivity index (χ2v) is 8.73. The van der Waals surface area contributed by atoms with Crippen molar-refractivity contribution in [1.82, 2.24) is 0 Å². The second kappa shape index (κ2) is 7.57. The molecule has 0 unspecified atom stereocenters. The zero-order chi connectivity index (χ0) is 21.7. The third-order valence-corrected chi connectivity index (χ3v) is 6.82. The number of hydrogen-bond donors (Lipinski definition) is 2. The number of carbonyl (C=O) groups is 3. The summed E-state index contributed by atoms with van der Waals surface area (Å²) in [6, 6.07) is 11.6. The summed E-state index contributed by atoms with van der Waals surface area (Å²) in [7, 11) is 1.51. The normalized spacial score (nSPS) is 27.7. The van der Waals surface area contributed by atoms with Crippen LogP contribution < -0.4 is 15.4 Å². The molecular weight excluding hydrogens is 420 g/mol. The average Bonchev–Trinajstić information content (AvgIpc) is 3.37. The molecule has 1 saturated heterocycles. The van der Waals surface area contributed by atoms with E-state index in [-0.39, 0.29) is 47.6 Å². The zero-order valence-corrected chi connectivity index (χ0v) is 17.5. The first-order chi connectivity index (χ1) is 14.9. The van der Waals surface area contributed by atoms with Gasteiger partial charge in [-0.25, -0.2) is 0 Å². The zero-order valence-electron chi connectivity index (χ0n) is 16.8. The highest BCUT2D eigenvalue weighted by atomic mass is 35.5. The van der Waals surface area contributed by atoms with Crippen LogP contribution in [0.15, 0.2) is 42.5 Å². The Balaban J connectivity index is 1.31. The monoisotopic (exact) mass is 440 g/mol. The molecule has 2 aliphatic carbocycles. The number of ether oxygens (including phenoxy) is 2.